The second-order valence-corrected chi connectivity index (χ2v) is 15.8. The first-order chi connectivity index (χ1) is 26.8. The lowest BCUT2D eigenvalue weighted by Gasteiger charge is -2.30. The highest BCUT2D eigenvalue weighted by Crippen LogP contribution is 2.21. The zero-order valence-corrected chi connectivity index (χ0v) is 33.6. The highest BCUT2D eigenvalue weighted by atomic mass is 32.2. The number of unbranched alkanes of at least 4 members (excludes halogenated alkanes) is 2. The third-order valence-corrected chi connectivity index (χ3v) is 11.0. The van der Waals surface area contributed by atoms with Crippen molar-refractivity contribution in [1.82, 2.24) is 31.5 Å². The number of aliphatic imine (C=N–C) groups is 2. The number of aliphatic carboxylic acids is 1. The fraction of sp³-hybridized carbons (Fsp3) is 0.757. The fourth-order valence-electron chi connectivity index (χ4n) is 6.87. The van der Waals surface area contributed by atoms with Crippen LogP contribution >= 0.6 is 11.8 Å². The number of thioether (sulfide) groups is 1. The number of carbonyl (C=O) groups is 7. The Kier molecular flexibility index (Phi) is 19.7. The molecule has 0 radical (unpaired) electrons. The Labute approximate surface area is 332 Å². The number of hydrogen-bond acceptors (Lipinski definition) is 12. The number of nitrogens with one attached hydrogen (secondary N) is 5. The highest BCUT2D eigenvalue weighted by Gasteiger charge is 2.39. The Bertz CT molecular complexity index is 1430. The first kappa shape index (κ1) is 46.3. The Balaban J connectivity index is 1.55. The molecule has 6 amide bonds. The summed E-state index contributed by atoms with van der Waals surface area (Å²) in [4.78, 5) is 100. The van der Waals surface area contributed by atoms with Crippen molar-refractivity contribution < 1.29 is 43.8 Å². The van der Waals surface area contributed by atoms with Gasteiger partial charge in [0, 0.05) is 32.1 Å². The number of carbonyl (C=O) groups excluding carboxylic acids is 6. The van der Waals surface area contributed by atoms with Crippen molar-refractivity contribution in [2.45, 2.75) is 127 Å². The number of nitrogens with two attached hydrogens (primary N) is 1. The van der Waals surface area contributed by atoms with Crippen LogP contribution in [0.15, 0.2) is 9.98 Å². The molecule has 0 aromatic rings. The highest BCUT2D eigenvalue weighted by molar-refractivity contribution is 7.98. The summed E-state index contributed by atoms with van der Waals surface area (Å²) in [7, 11) is 0. The van der Waals surface area contributed by atoms with Crippen LogP contribution < -0.4 is 32.3 Å². The van der Waals surface area contributed by atoms with Crippen LogP contribution in [0.3, 0.4) is 0 Å². The molecule has 0 spiro atoms. The van der Waals surface area contributed by atoms with Gasteiger partial charge in [0.25, 0.3) is 0 Å². The zero-order valence-electron chi connectivity index (χ0n) is 32.7. The molecule has 0 aromatic heterocycles. The van der Waals surface area contributed by atoms with E-state index < -0.39 is 78.5 Å². The zero-order chi connectivity index (χ0) is 41.2. The normalized spacial score (nSPS) is 23.5. The van der Waals surface area contributed by atoms with Gasteiger partial charge in [0.2, 0.25) is 35.4 Å². The maximum Gasteiger partial charge on any atom is 0.326 e. The molecule has 0 aromatic carbocycles. The third-order valence-electron chi connectivity index (χ3n) is 10.4. The number of carboxylic acid groups (broad SMARTS) is 1. The van der Waals surface area contributed by atoms with E-state index in [1.54, 1.807) is 12.4 Å². The molecule has 3 heterocycles. The van der Waals surface area contributed by atoms with Gasteiger partial charge in [-0.05, 0) is 94.5 Å². The van der Waals surface area contributed by atoms with E-state index in [2.05, 4.69) is 36.6 Å². The van der Waals surface area contributed by atoms with Crippen molar-refractivity contribution in [2.75, 3.05) is 38.2 Å². The quantitative estimate of drug-likeness (QED) is 0.0555. The number of aliphatic hydroxyl groups excluding tert-OH is 1. The number of aliphatic hydroxyl groups is 1. The molecule has 3 aliphatic rings. The van der Waals surface area contributed by atoms with Crippen LogP contribution in [0, 0.1) is 11.8 Å². The van der Waals surface area contributed by atoms with Crippen LogP contribution in [0.4, 0.5) is 0 Å². The van der Waals surface area contributed by atoms with E-state index in [0.717, 1.165) is 12.8 Å². The summed E-state index contributed by atoms with van der Waals surface area (Å²) >= 11 is 1.54. The molecule has 0 unspecified atom stereocenters. The molecule has 314 valence electrons. The van der Waals surface area contributed by atoms with Gasteiger partial charge in [-0.2, -0.15) is 11.8 Å². The van der Waals surface area contributed by atoms with E-state index in [1.807, 2.05) is 20.1 Å². The van der Waals surface area contributed by atoms with E-state index in [1.165, 1.54) is 16.7 Å². The molecule has 18 nitrogen and oxygen atoms in total. The molecule has 0 saturated carbocycles. The van der Waals surface area contributed by atoms with Crippen molar-refractivity contribution in [2.24, 2.45) is 27.6 Å². The molecular formula is C37H61N9O9S. The largest absolute Gasteiger partial charge is 0.480 e. The summed E-state index contributed by atoms with van der Waals surface area (Å²) < 4.78 is 0. The minimum atomic E-state index is -1.49. The number of amides is 6. The summed E-state index contributed by atoms with van der Waals surface area (Å²) in [6.45, 7) is 3.95. The lowest BCUT2D eigenvalue weighted by molar-refractivity contribution is -0.144. The average Bonchev–Trinajstić information content (AvgIpc) is 3.95. The third kappa shape index (κ3) is 14.1. The summed E-state index contributed by atoms with van der Waals surface area (Å²) in [6.07, 6.45) is 10.1. The number of carboxylic acids is 1. The maximum atomic E-state index is 14.0. The van der Waals surface area contributed by atoms with Crippen LogP contribution in [-0.4, -0.2) is 149 Å². The minimum absolute atomic E-state index is 0.0423. The molecule has 3 rings (SSSR count). The van der Waals surface area contributed by atoms with Gasteiger partial charge < -0.3 is 47.4 Å². The van der Waals surface area contributed by atoms with Crippen LogP contribution in [0.2, 0.25) is 0 Å². The first-order valence-electron chi connectivity index (χ1n) is 19.7. The summed E-state index contributed by atoms with van der Waals surface area (Å²) in [5, 5.41) is 33.1. The van der Waals surface area contributed by atoms with Gasteiger partial charge in [-0.25, -0.2) is 4.79 Å². The Morgan fingerprint density at radius 1 is 0.786 bits per heavy atom. The van der Waals surface area contributed by atoms with E-state index in [4.69, 9.17) is 5.73 Å². The molecule has 3 aliphatic heterocycles. The van der Waals surface area contributed by atoms with Crippen LogP contribution in [0.1, 0.15) is 84.5 Å². The number of likely N-dealkylation sites (tertiary alicyclic amines) is 1. The predicted molar refractivity (Wildman–Crippen MR) is 212 cm³/mol. The van der Waals surface area contributed by atoms with E-state index in [-0.39, 0.29) is 49.5 Å². The Morgan fingerprint density at radius 2 is 1.34 bits per heavy atom. The second kappa shape index (κ2) is 23.8. The predicted octanol–water partition coefficient (Wildman–Crippen LogP) is -0.879. The van der Waals surface area contributed by atoms with Gasteiger partial charge in [0.15, 0.2) is 0 Å². The molecule has 0 aliphatic carbocycles. The molecular weight excluding hydrogens is 747 g/mol. The summed E-state index contributed by atoms with van der Waals surface area (Å²) in [6, 6.07) is -6.51. The van der Waals surface area contributed by atoms with Gasteiger partial charge in [-0.15, -0.1) is 0 Å². The van der Waals surface area contributed by atoms with Crippen molar-refractivity contribution in [3.8, 4) is 0 Å². The molecule has 1 fully saturated rings. The smallest absolute Gasteiger partial charge is 0.326 e. The molecule has 56 heavy (non-hydrogen) atoms. The summed E-state index contributed by atoms with van der Waals surface area (Å²) in [5.41, 5.74) is 6.10. The average molecular weight is 808 g/mol. The summed E-state index contributed by atoms with van der Waals surface area (Å²) in [5.74, 6) is -3.36. The SMILES string of the molecule is CSCC[C@H](N)C(=O)N[C@@H](CCCCNC(=O)[C@@H]1N=CC[C@H]1C)C(=O)N1CCC[C@H]1C(=O)N[C@@H](CO)C(=O)N[C@@H](CCCCNC(=O)[C@@H]1N=CC[C@H]1C)C(=O)O. The molecule has 9 N–H and O–H groups in total. The van der Waals surface area contributed by atoms with Crippen molar-refractivity contribution in [1.29, 1.82) is 0 Å². The van der Waals surface area contributed by atoms with E-state index in [0.29, 0.717) is 57.4 Å². The van der Waals surface area contributed by atoms with E-state index >= 15 is 0 Å². The Hall–Kier alpha value is -4.10. The van der Waals surface area contributed by atoms with Crippen LogP contribution in [0.5, 0.6) is 0 Å². The van der Waals surface area contributed by atoms with Gasteiger partial charge >= 0.3 is 5.97 Å². The lowest BCUT2D eigenvalue weighted by atomic mass is 10.0. The van der Waals surface area contributed by atoms with Gasteiger partial charge in [0.1, 0.15) is 36.3 Å². The Morgan fingerprint density at radius 3 is 1.84 bits per heavy atom. The van der Waals surface area contributed by atoms with E-state index in [9.17, 15) is 43.8 Å². The lowest BCUT2D eigenvalue weighted by Crippen LogP contribution is -2.58. The molecule has 19 heteroatoms. The van der Waals surface area contributed by atoms with Crippen LogP contribution in [0.25, 0.3) is 0 Å². The fourth-order valence-corrected chi connectivity index (χ4v) is 7.36. The van der Waals surface area contributed by atoms with Gasteiger partial charge in [0.05, 0.1) is 12.6 Å². The first-order valence-corrected chi connectivity index (χ1v) is 21.1. The number of rotatable bonds is 24. The number of nitrogens with zero attached hydrogens (tertiary/aromatic N) is 3. The van der Waals surface area contributed by atoms with Crippen LogP contribution in [-0.2, 0) is 33.6 Å². The molecule has 9 atom stereocenters. The van der Waals surface area contributed by atoms with Crippen molar-refractivity contribution in [3.63, 3.8) is 0 Å². The second-order valence-electron chi connectivity index (χ2n) is 14.8. The minimum Gasteiger partial charge on any atom is -0.480 e. The van der Waals surface area contributed by atoms with Crippen molar-refractivity contribution >= 4 is 65.6 Å². The van der Waals surface area contributed by atoms with Gasteiger partial charge in [-0.3, -0.25) is 38.8 Å². The molecule has 1 saturated heterocycles. The topological polar surface area (TPSA) is 274 Å². The molecule has 0 bridgehead atoms. The van der Waals surface area contributed by atoms with Gasteiger partial charge in [-0.1, -0.05) is 13.8 Å². The monoisotopic (exact) mass is 807 g/mol. The van der Waals surface area contributed by atoms with Crippen molar-refractivity contribution in [3.05, 3.63) is 0 Å². The standard InChI is InChI=1S/C37H61N9O9S/c1-22-12-17-39-29(22)34(51)41-15-6-4-9-25(43-31(48)24(38)14-20-56-3)36(53)46-19-8-11-28(46)33(50)45-27(21-47)32(49)44-26(37(54)55)10-5-7-16-42-35(52)30-23(2)13-18-40-30/h17-18,22-30,47H,4-16,19-21,38H2,1-3H3,(H,41,51)(H,42,52)(H,43,48)(H,44,49)(H,45,50)(H,54,55)/t22-,23-,24+,25+,26+,27+,28+,29-,30-/m1/s1. The maximum absolute atomic E-state index is 14.0. The number of hydrogen-bond donors (Lipinski definition) is 8.